The second kappa shape index (κ2) is 7.50. The van der Waals surface area contributed by atoms with E-state index in [9.17, 15) is 4.79 Å². The number of fused-ring (bicyclic) bond motifs is 4. The van der Waals surface area contributed by atoms with Gasteiger partial charge in [0.05, 0.1) is 11.0 Å². The molecule has 0 amide bonds. The van der Waals surface area contributed by atoms with E-state index >= 15 is 0 Å². The number of aryl methyl sites for hydroxylation is 1. The summed E-state index contributed by atoms with van der Waals surface area (Å²) >= 11 is 0. The molecule has 0 saturated heterocycles. The molecule has 3 aromatic heterocycles. The zero-order chi connectivity index (χ0) is 20.7. The normalized spacial score (nSPS) is 13.3. The Morgan fingerprint density at radius 3 is 2.80 bits per heavy atom. The first-order chi connectivity index (χ1) is 14.6. The fourth-order valence-electron chi connectivity index (χ4n) is 4.13. The van der Waals surface area contributed by atoms with Crippen LogP contribution in [0.2, 0.25) is 0 Å². The lowest BCUT2D eigenvalue weighted by Crippen LogP contribution is -2.26. The Kier molecular flexibility index (Phi) is 4.68. The number of likely N-dealkylation sites (N-methyl/N-ethyl adjacent to an activating group) is 1. The van der Waals surface area contributed by atoms with Gasteiger partial charge in [0.2, 0.25) is 0 Å². The van der Waals surface area contributed by atoms with Crippen molar-refractivity contribution in [1.82, 2.24) is 19.4 Å². The molecule has 1 aliphatic rings. The number of hydrogen-bond donors (Lipinski definition) is 0. The maximum Gasteiger partial charge on any atom is 0.251 e. The van der Waals surface area contributed by atoms with Gasteiger partial charge in [-0.15, -0.1) is 0 Å². The molecule has 0 saturated carbocycles. The second-order valence-corrected chi connectivity index (χ2v) is 8.12. The molecule has 0 aliphatic heterocycles. The van der Waals surface area contributed by atoms with Crippen LogP contribution in [0.5, 0.6) is 0 Å². The van der Waals surface area contributed by atoms with Crippen molar-refractivity contribution >= 4 is 27.9 Å². The maximum atomic E-state index is 12.7. The summed E-state index contributed by atoms with van der Waals surface area (Å²) < 4.78 is 1.87. The molecule has 0 atom stereocenters. The number of aromatic nitrogens is 3. The zero-order valence-corrected chi connectivity index (χ0v) is 17.3. The minimum atomic E-state index is 0.0165. The Bertz CT molecular complexity index is 1350. The fourth-order valence-corrected chi connectivity index (χ4v) is 4.13. The smallest absolute Gasteiger partial charge is 0.251 e. The molecular formula is C25H24N4O. The van der Waals surface area contributed by atoms with Crippen molar-refractivity contribution in [3.05, 3.63) is 76.5 Å². The largest absolute Gasteiger partial charge is 0.308 e. The van der Waals surface area contributed by atoms with Gasteiger partial charge in [0.1, 0.15) is 0 Å². The van der Waals surface area contributed by atoms with Gasteiger partial charge >= 0.3 is 0 Å². The van der Waals surface area contributed by atoms with Crippen molar-refractivity contribution in [2.75, 3.05) is 20.6 Å². The van der Waals surface area contributed by atoms with E-state index in [1.165, 1.54) is 5.56 Å². The number of pyridine rings is 3. The Morgan fingerprint density at radius 2 is 1.93 bits per heavy atom. The van der Waals surface area contributed by atoms with Gasteiger partial charge in [0.15, 0.2) is 0 Å². The average Bonchev–Trinajstić information content (AvgIpc) is 2.77. The SMILES string of the molecule is CN(C)CCn1c(=O)ccc2cnc3ccc(-c4cnc5c(c4)C=CCC5)cc3c21. The quantitative estimate of drug-likeness (QED) is 0.487. The third-order valence-electron chi connectivity index (χ3n) is 5.76. The molecule has 0 bridgehead atoms. The van der Waals surface area contributed by atoms with Gasteiger partial charge in [0, 0.05) is 53.6 Å². The molecule has 5 nitrogen and oxygen atoms in total. The highest BCUT2D eigenvalue weighted by atomic mass is 16.1. The molecule has 0 radical (unpaired) electrons. The number of rotatable bonds is 4. The summed E-state index contributed by atoms with van der Waals surface area (Å²) in [7, 11) is 4.04. The third-order valence-corrected chi connectivity index (χ3v) is 5.76. The van der Waals surface area contributed by atoms with Gasteiger partial charge in [-0.05, 0) is 62.3 Å². The summed E-state index contributed by atoms with van der Waals surface area (Å²) in [4.78, 5) is 24.1. The van der Waals surface area contributed by atoms with Crippen molar-refractivity contribution in [1.29, 1.82) is 0 Å². The highest BCUT2D eigenvalue weighted by Gasteiger charge is 2.12. The first-order valence-corrected chi connectivity index (χ1v) is 10.3. The highest BCUT2D eigenvalue weighted by molar-refractivity contribution is 6.04. The second-order valence-electron chi connectivity index (χ2n) is 8.12. The van der Waals surface area contributed by atoms with E-state index in [1.54, 1.807) is 6.07 Å². The van der Waals surface area contributed by atoms with Crippen LogP contribution in [0.4, 0.5) is 0 Å². The molecule has 5 rings (SSSR count). The Hall–Kier alpha value is -3.31. The Balaban J connectivity index is 1.71. The van der Waals surface area contributed by atoms with Crippen LogP contribution in [0, 0.1) is 0 Å². The van der Waals surface area contributed by atoms with Crippen LogP contribution in [-0.2, 0) is 13.0 Å². The monoisotopic (exact) mass is 396 g/mol. The van der Waals surface area contributed by atoms with Crippen molar-refractivity contribution in [2.24, 2.45) is 0 Å². The molecule has 4 aromatic rings. The van der Waals surface area contributed by atoms with Gasteiger partial charge in [0.25, 0.3) is 5.56 Å². The van der Waals surface area contributed by atoms with Crippen LogP contribution in [0.3, 0.4) is 0 Å². The van der Waals surface area contributed by atoms with E-state index in [4.69, 9.17) is 4.98 Å². The minimum Gasteiger partial charge on any atom is -0.308 e. The van der Waals surface area contributed by atoms with E-state index in [0.717, 1.165) is 58.0 Å². The van der Waals surface area contributed by atoms with Crippen molar-refractivity contribution in [3.63, 3.8) is 0 Å². The van der Waals surface area contributed by atoms with Crippen LogP contribution in [-0.4, -0.2) is 40.1 Å². The predicted molar refractivity (Wildman–Crippen MR) is 123 cm³/mol. The number of hydrogen-bond acceptors (Lipinski definition) is 4. The molecule has 1 aliphatic carbocycles. The zero-order valence-electron chi connectivity index (χ0n) is 17.3. The molecule has 0 fully saturated rings. The van der Waals surface area contributed by atoms with Crippen LogP contribution in [0.25, 0.3) is 39.0 Å². The summed E-state index contributed by atoms with van der Waals surface area (Å²) in [5.41, 5.74) is 6.37. The molecule has 1 aromatic carbocycles. The summed E-state index contributed by atoms with van der Waals surface area (Å²) in [5, 5.41) is 1.97. The predicted octanol–water partition coefficient (Wildman–Crippen LogP) is 4.13. The number of benzene rings is 1. The lowest BCUT2D eigenvalue weighted by Gasteiger charge is -2.16. The van der Waals surface area contributed by atoms with E-state index in [2.05, 4.69) is 40.2 Å². The van der Waals surface area contributed by atoms with Crippen LogP contribution >= 0.6 is 0 Å². The molecule has 0 unspecified atom stereocenters. The number of allylic oxidation sites excluding steroid dienone is 1. The summed E-state index contributed by atoms with van der Waals surface area (Å²) in [6, 6.07) is 12.0. The van der Waals surface area contributed by atoms with Gasteiger partial charge < -0.3 is 9.47 Å². The van der Waals surface area contributed by atoms with Gasteiger partial charge in [-0.2, -0.15) is 0 Å². The van der Waals surface area contributed by atoms with Crippen molar-refractivity contribution in [2.45, 2.75) is 19.4 Å². The summed E-state index contributed by atoms with van der Waals surface area (Å²) in [6.45, 7) is 1.43. The topological polar surface area (TPSA) is 51.0 Å². The van der Waals surface area contributed by atoms with Crippen molar-refractivity contribution < 1.29 is 0 Å². The highest BCUT2D eigenvalue weighted by Crippen LogP contribution is 2.30. The fraction of sp³-hybridized carbons (Fsp3) is 0.240. The lowest BCUT2D eigenvalue weighted by molar-refractivity contribution is 0.384. The van der Waals surface area contributed by atoms with Gasteiger partial charge in [-0.3, -0.25) is 14.8 Å². The molecule has 3 heterocycles. The van der Waals surface area contributed by atoms with E-state index < -0.39 is 0 Å². The maximum absolute atomic E-state index is 12.7. The van der Waals surface area contributed by atoms with E-state index in [0.29, 0.717) is 6.54 Å². The standard InChI is InChI=1S/C25H24N4O/c1-28(2)11-12-29-24(30)10-8-19-15-27-23-9-7-17(14-21(23)25(19)29)20-13-18-5-3-4-6-22(18)26-16-20/h3,5,7-10,13-16H,4,6,11-12H2,1-2H3. The third kappa shape index (κ3) is 3.31. The van der Waals surface area contributed by atoms with Crippen molar-refractivity contribution in [3.8, 4) is 11.1 Å². The Morgan fingerprint density at radius 1 is 1.03 bits per heavy atom. The molecular weight excluding hydrogens is 372 g/mol. The molecule has 5 heteroatoms. The van der Waals surface area contributed by atoms with Crippen LogP contribution < -0.4 is 5.56 Å². The number of nitrogens with zero attached hydrogens (tertiary/aromatic N) is 4. The molecule has 0 N–H and O–H groups in total. The van der Waals surface area contributed by atoms with E-state index in [-0.39, 0.29) is 5.56 Å². The van der Waals surface area contributed by atoms with Gasteiger partial charge in [-0.1, -0.05) is 18.2 Å². The van der Waals surface area contributed by atoms with E-state index in [1.807, 2.05) is 43.2 Å². The van der Waals surface area contributed by atoms with Gasteiger partial charge in [-0.25, -0.2) is 0 Å². The molecule has 0 spiro atoms. The van der Waals surface area contributed by atoms with Crippen LogP contribution in [0.15, 0.2) is 59.7 Å². The molecule has 150 valence electrons. The van der Waals surface area contributed by atoms with Crippen LogP contribution in [0.1, 0.15) is 17.7 Å². The average molecular weight is 396 g/mol. The minimum absolute atomic E-state index is 0.0165. The molecule has 30 heavy (non-hydrogen) atoms. The first kappa shape index (κ1) is 18.7. The summed E-state index contributed by atoms with van der Waals surface area (Å²) in [5.74, 6) is 0. The lowest BCUT2D eigenvalue weighted by atomic mass is 9.97. The summed E-state index contributed by atoms with van der Waals surface area (Å²) in [6.07, 6.45) is 10.2. The first-order valence-electron chi connectivity index (χ1n) is 10.3. The Labute approximate surface area is 175 Å².